The number of ether oxygens (including phenoxy) is 1. The number of hydrogen-bond acceptors (Lipinski definition) is 2. The molecule has 1 aromatic carbocycles. The van der Waals surface area contributed by atoms with E-state index in [1.165, 1.54) is 11.1 Å². The average molecular weight is 249 g/mol. The summed E-state index contributed by atoms with van der Waals surface area (Å²) in [5.41, 5.74) is 8.77. The van der Waals surface area contributed by atoms with Gasteiger partial charge in [0.2, 0.25) is 0 Å². The molecule has 0 saturated carbocycles. The molecule has 0 fully saturated rings. The highest BCUT2D eigenvalue weighted by Crippen LogP contribution is 2.23. The van der Waals surface area contributed by atoms with Crippen molar-refractivity contribution in [2.24, 2.45) is 5.73 Å². The lowest BCUT2D eigenvalue weighted by Gasteiger charge is -2.25. The lowest BCUT2D eigenvalue weighted by Crippen LogP contribution is -2.43. The molecule has 0 heterocycles. The maximum absolute atomic E-state index is 6.23. The summed E-state index contributed by atoms with van der Waals surface area (Å²) in [5.74, 6) is 0. The first-order chi connectivity index (χ1) is 8.24. The van der Waals surface area contributed by atoms with Crippen molar-refractivity contribution in [2.45, 2.75) is 52.0 Å². The maximum Gasteiger partial charge on any atom is 0.0646 e. The Morgan fingerprint density at radius 1 is 1.06 bits per heavy atom. The summed E-state index contributed by atoms with van der Waals surface area (Å²) in [5, 5.41) is 0. The minimum Gasteiger partial charge on any atom is -0.380 e. The quantitative estimate of drug-likeness (QED) is 0.869. The van der Waals surface area contributed by atoms with Crippen LogP contribution in [0, 0.1) is 0 Å². The maximum atomic E-state index is 6.23. The van der Waals surface area contributed by atoms with Crippen molar-refractivity contribution in [3.8, 4) is 0 Å². The molecule has 0 aromatic heterocycles. The molecule has 0 spiro atoms. The Hall–Kier alpha value is -0.860. The number of rotatable bonds is 5. The molecule has 0 aliphatic rings. The molecule has 18 heavy (non-hydrogen) atoms. The van der Waals surface area contributed by atoms with Crippen LogP contribution in [0.2, 0.25) is 0 Å². The van der Waals surface area contributed by atoms with Crippen molar-refractivity contribution in [2.75, 3.05) is 13.2 Å². The SMILES string of the molecule is CCOCC(C)(N)Cc1ccc(C(C)(C)C)cc1. The van der Waals surface area contributed by atoms with Gasteiger partial charge >= 0.3 is 0 Å². The van der Waals surface area contributed by atoms with Gasteiger partial charge in [0.15, 0.2) is 0 Å². The molecule has 0 aliphatic carbocycles. The lowest BCUT2D eigenvalue weighted by molar-refractivity contribution is 0.101. The first-order valence-electron chi connectivity index (χ1n) is 6.71. The molecule has 0 amide bonds. The summed E-state index contributed by atoms with van der Waals surface area (Å²) < 4.78 is 5.42. The van der Waals surface area contributed by atoms with E-state index in [1.54, 1.807) is 0 Å². The molecule has 0 radical (unpaired) electrons. The van der Waals surface area contributed by atoms with Gasteiger partial charge in [0, 0.05) is 12.1 Å². The molecule has 1 aromatic rings. The van der Waals surface area contributed by atoms with Gasteiger partial charge in [-0.2, -0.15) is 0 Å². The topological polar surface area (TPSA) is 35.2 Å². The Balaban J connectivity index is 2.69. The van der Waals surface area contributed by atoms with Gasteiger partial charge in [-0.05, 0) is 36.8 Å². The molecule has 0 aliphatic heterocycles. The summed E-state index contributed by atoms with van der Waals surface area (Å²) in [7, 11) is 0. The second-order valence-corrected chi connectivity index (χ2v) is 6.41. The van der Waals surface area contributed by atoms with E-state index in [9.17, 15) is 0 Å². The van der Waals surface area contributed by atoms with Crippen LogP contribution < -0.4 is 5.73 Å². The van der Waals surface area contributed by atoms with Gasteiger partial charge < -0.3 is 10.5 Å². The fraction of sp³-hybridized carbons (Fsp3) is 0.625. The van der Waals surface area contributed by atoms with Gasteiger partial charge in [-0.1, -0.05) is 45.0 Å². The smallest absolute Gasteiger partial charge is 0.0646 e. The zero-order valence-electron chi connectivity index (χ0n) is 12.4. The molecule has 1 atom stereocenters. The number of benzene rings is 1. The molecule has 2 nitrogen and oxygen atoms in total. The number of hydrogen-bond donors (Lipinski definition) is 1. The summed E-state index contributed by atoms with van der Waals surface area (Å²) in [6.07, 6.45) is 0.845. The second kappa shape index (κ2) is 5.85. The fourth-order valence-corrected chi connectivity index (χ4v) is 1.98. The van der Waals surface area contributed by atoms with Crippen LogP contribution in [0.1, 0.15) is 45.7 Å². The predicted molar refractivity (Wildman–Crippen MR) is 77.9 cm³/mol. The van der Waals surface area contributed by atoms with Gasteiger partial charge in [-0.15, -0.1) is 0 Å². The van der Waals surface area contributed by atoms with Crippen molar-refractivity contribution in [3.63, 3.8) is 0 Å². The van der Waals surface area contributed by atoms with Crippen molar-refractivity contribution in [1.29, 1.82) is 0 Å². The Morgan fingerprint density at radius 3 is 2.06 bits per heavy atom. The van der Waals surface area contributed by atoms with Crippen LogP contribution in [0.15, 0.2) is 24.3 Å². The molecule has 102 valence electrons. The standard InChI is InChI=1S/C16H27NO/c1-6-18-12-16(5,17)11-13-7-9-14(10-8-13)15(2,3)4/h7-10H,6,11-12,17H2,1-5H3. The van der Waals surface area contributed by atoms with E-state index in [0.29, 0.717) is 6.61 Å². The van der Waals surface area contributed by atoms with Gasteiger partial charge in [0.1, 0.15) is 0 Å². The Bertz CT molecular complexity index is 360. The zero-order valence-corrected chi connectivity index (χ0v) is 12.4. The molecule has 2 N–H and O–H groups in total. The zero-order chi connectivity index (χ0) is 13.8. The highest BCUT2D eigenvalue weighted by atomic mass is 16.5. The first kappa shape index (κ1) is 15.2. The minimum absolute atomic E-state index is 0.204. The van der Waals surface area contributed by atoms with Crippen molar-refractivity contribution >= 4 is 0 Å². The van der Waals surface area contributed by atoms with E-state index in [4.69, 9.17) is 10.5 Å². The first-order valence-corrected chi connectivity index (χ1v) is 6.71. The Kier molecular flexibility index (Phi) is 4.94. The average Bonchev–Trinajstić information content (AvgIpc) is 2.25. The highest BCUT2D eigenvalue weighted by Gasteiger charge is 2.20. The van der Waals surface area contributed by atoms with Gasteiger partial charge in [0.05, 0.1) is 6.61 Å². The van der Waals surface area contributed by atoms with E-state index >= 15 is 0 Å². The van der Waals surface area contributed by atoms with E-state index in [0.717, 1.165) is 13.0 Å². The van der Waals surface area contributed by atoms with E-state index in [-0.39, 0.29) is 11.0 Å². The van der Waals surface area contributed by atoms with Crippen molar-refractivity contribution in [1.82, 2.24) is 0 Å². The van der Waals surface area contributed by atoms with Crippen LogP contribution in [0.4, 0.5) is 0 Å². The Labute approximate surface area is 112 Å². The van der Waals surface area contributed by atoms with E-state index in [2.05, 4.69) is 45.0 Å². The Morgan fingerprint density at radius 2 is 1.61 bits per heavy atom. The molecule has 0 saturated heterocycles. The molecular weight excluding hydrogens is 222 g/mol. The highest BCUT2D eigenvalue weighted by molar-refractivity contribution is 5.28. The third-order valence-electron chi connectivity index (χ3n) is 3.06. The summed E-state index contributed by atoms with van der Waals surface area (Å²) in [6, 6.07) is 8.76. The van der Waals surface area contributed by atoms with E-state index < -0.39 is 0 Å². The largest absolute Gasteiger partial charge is 0.380 e. The van der Waals surface area contributed by atoms with Crippen LogP contribution in [0.25, 0.3) is 0 Å². The molecule has 0 bridgehead atoms. The third-order valence-corrected chi connectivity index (χ3v) is 3.06. The van der Waals surface area contributed by atoms with Crippen LogP contribution in [-0.2, 0) is 16.6 Å². The predicted octanol–water partition coefficient (Wildman–Crippen LogP) is 3.28. The summed E-state index contributed by atoms with van der Waals surface area (Å²) >= 11 is 0. The molecular formula is C16H27NO. The van der Waals surface area contributed by atoms with Gasteiger partial charge in [-0.3, -0.25) is 0 Å². The normalized spacial score (nSPS) is 15.4. The van der Waals surface area contributed by atoms with E-state index in [1.807, 2.05) is 13.8 Å². The van der Waals surface area contributed by atoms with Crippen LogP contribution in [-0.4, -0.2) is 18.8 Å². The summed E-state index contributed by atoms with van der Waals surface area (Å²) in [6.45, 7) is 12.0. The minimum atomic E-state index is -0.292. The lowest BCUT2D eigenvalue weighted by atomic mass is 9.85. The number of nitrogens with two attached hydrogens (primary N) is 1. The third kappa shape index (κ3) is 4.79. The molecule has 1 unspecified atom stereocenters. The second-order valence-electron chi connectivity index (χ2n) is 6.41. The van der Waals surface area contributed by atoms with Crippen LogP contribution >= 0.6 is 0 Å². The van der Waals surface area contributed by atoms with Crippen LogP contribution in [0.5, 0.6) is 0 Å². The molecule has 1 rings (SSSR count). The molecule has 2 heteroatoms. The van der Waals surface area contributed by atoms with Gasteiger partial charge in [-0.25, -0.2) is 0 Å². The fourth-order valence-electron chi connectivity index (χ4n) is 1.98. The van der Waals surface area contributed by atoms with Crippen molar-refractivity contribution < 1.29 is 4.74 Å². The summed E-state index contributed by atoms with van der Waals surface area (Å²) in [4.78, 5) is 0. The van der Waals surface area contributed by atoms with Gasteiger partial charge in [0.25, 0.3) is 0 Å². The monoisotopic (exact) mass is 249 g/mol. The van der Waals surface area contributed by atoms with Crippen LogP contribution in [0.3, 0.4) is 0 Å². The van der Waals surface area contributed by atoms with Crippen molar-refractivity contribution in [3.05, 3.63) is 35.4 Å².